The van der Waals surface area contributed by atoms with Crippen LogP contribution in [0.1, 0.15) is 46.1 Å². The van der Waals surface area contributed by atoms with E-state index in [-0.39, 0.29) is 18.3 Å². The molecule has 0 fully saturated rings. The third-order valence-corrected chi connectivity index (χ3v) is 3.45. The molecule has 0 spiro atoms. The Morgan fingerprint density at radius 1 is 1.11 bits per heavy atom. The van der Waals surface area contributed by atoms with Crippen LogP contribution in [0, 0.1) is 0 Å². The number of carbonyl (C=O) groups is 3. The quantitative estimate of drug-likeness (QED) is 0.509. The van der Waals surface area contributed by atoms with Crippen molar-refractivity contribution in [2.75, 3.05) is 13.2 Å². The maximum absolute atomic E-state index is 12.5. The molecule has 150 valence electrons. The molecule has 7 heteroatoms. The number of hydrogen-bond donors (Lipinski definition) is 2. The highest BCUT2D eigenvalue weighted by molar-refractivity contribution is 5.86. The third-order valence-electron chi connectivity index (χ3n) is 3.45. The monoisotopic (exact) mass is 378 g/mol. The Labute approximate surface area is 160 Å². The van der Waals surface area contributed by atoms with Crippen LogP contribution in [0.15, 0.2) is 30.3 Å². The molecular weight excluding hydrogens is 348 g/mol. The molecule has 0 heterocycles. The summed E-state index contributed by atoms with van der Waals surface area (Å²) in [5, 5.41) is 5.38. The summed E-state index contributed by atoms with van der Waals surface area (Å²) in [4.78, 5) is 35.9. The van der Waals surface area contributed by atoms with Crippen LogP contribution in [-0.4, -0.2) is 42.8 Å². The molecule has 1 atom stereocenters. The van der Waals surface area contributed by atoms with Crippen molar-refractivity contribution in [2.24, 2.45) is 0 Å². The molecule has 0 bridgehead atoms. The van der Waals surface area contributed by atoms with Crippen LogP contribution in [0.25, 0.3) is 0 Å². The molecule has 0 aliphatic heterocycles. The Kier molecular flexibility index (Phi) is 9.33. The van der Waals surface area contributed by atoms with Crippen molar-refractivity contribution in [2.45, 2.75) is 58.6 Å². The van der Waals surface area contributed by atoms with Gasteiger partial charge in [0.2, 0.25) is 5.91 Å². The van der Waals surface area contributed by atoms with Gasteiger partial charge in [0.1, 0.15) is 11.6 Å². The minimum Gasteiger partial charge on any atom is -0.466 e. The maximum Gasteiger partial charge on any atom is 0.408 e. The first-order valence-corrected chi connectivity index (χ1v) is 9.18. The van der Waals surface area contributed by atoms with Crippen LogP contribution in [-0.2, 0) is 25.5 Å². The lowest BCUT2D eigenvalue weighted by Gasteiger charge is -2.23. The largest absolute Gasteiger partial charge is 0.466 e. The molecule has 2 N–H and O–H groups in total. The first kappa shape index (κ1) is 22.5. The van der Waals surface area contributed by atoms with E-state index in [1.54, 1.807) is 27.7 Å². The zero-order chi connectivity index (χ0) is 20.3. The number of carbonyl (C=O) groups excluding carboxylic acids is 3. The van der Waals surface area contributed by atoms with E-state index in [4.69, 9.17) is 9.47 Å². The van der Waals surface area contributed by atoms with Gasteiger partial charge < -0.3 is 20.1 Å². The number of amides is 2. The molecule has 2 amide bonds. The van der Waals surface area contributed by atoms with E-state index in [9.17, 15) is 14.4 Å². The van der Waals surface area contributed by atoms with Gasteiger partial charge >= 0.3 is 12.1 Å². The lowest BCUT2D eigenvalue weighted by molar-refractivity contribution is -0.143. The SMILES string of the molecule is CCOC(=O)CCCNC(=O)[C@H](Cc1ccccc1)NC(=O)OC(C)(C)C. The minimum atomic E-state index is -0.773. The Balaban J connectivity index is 2.62. The minimum absolute atomic E-state index is 0.233. The molecule has 0 aliphatic rings. The van der Waals surface area contributed by atoms with E-state index in [2.05, 4.69) is 10.6 Å². The van der Waals surface area contributed by atoms with Crippen molar-refractivity contribution in [3.63, 3.8) is 0 Å². The Hall–Kier alpha value is -2.57. The maximum atomic E-state index is 12.5. The van der Waals surface area contributed by atoms with E-state index in [1.807, 2.05) is 30.3 Å². The summed E-state index contributed by atoms with van der Waals surface area (Å²) in [5.74, 6) is -0.618. The fraction of sp³-hybridized carbons (Fsp3) is 0.550. The van der Waals surface area contributed by atoms with E-state index in [0.29, 0.717) is 26.0 Å². The lowest BCUT2D eigenvalue weighted by Crippen LogP contribution is -2.49. The van der Waals surface area contributed by atoms with E-state index in [0.717, 1.165) is 5.56 Å². The molecule has 0 aliphatic carbocycles. The second kappa shape index (κ2) is 11.2. The first-order valence-electron chi connectivity index (χ1n) is 9.18. The predicted octanol–water partition coefficient (Wildman–Crippen LogP) is 2.58. The molecule has 0 radical (unpaired) electrons. The van der Waals surface area contributed by atoms with Gasteiger partial charge in [-0.15, -0.1) is 0 Å². The smallest absolute Gasteiger partial charge is 0.408 e. The summed E-state index contributed by atoms with van der Waals surface area (Å²) in [6, 6.07) is 8.63. The van der Waals surface area contributed by atoms with Gasteiger partial charge in [0.15, 0.2) is 0 Å². The second-order valence-corrected chi connectivity index (χ2v) is 7.09. The van der Waals surface area contributed by atoms with E-state index >= 15 is 0 Å². The van der Waals surface area contributed by atoms with Gasteiger partial charge in [0.05, 0.1) is 6.61 Å². The third kappa shape index (κ3) is 10.2. The first-order chi connectivity index (χ1) is 12.7. The van der Waals surface area contributed by atoms with Crippen LogP contribution in [0.4, 0.5) is 4.79 Å². The number of nitrogens with one attached hydrogen (secondary N) is 2. The van der Waals surface area contributed by atoms with Gasteiger partial charge in [0, 0.05) is 19.4 Å². The van der Waals surface area contributed by atoms with E-state index in [1.165, 1.54) is 0 Å². The van der Waals surface area contributed by atoms with Gasteiger partial charge in [-0.25, -0.2) is 4.79 Å². The summed E-state index contributed by atoms with van der Waals surface area (Å²) in [6.07, 6.45) is 0.389. The predicted molar refractivity (Wildman–Crippen MR) is 102 cm³/mol. The molecule has 1 rings (SSSR count). The van der Waals surface area contributed by atoms with Crippen LogP contribution in [0.3, 0.4) is 0 Å². The summed E-state index contributed by atoms with van der Waals surface area (Å²) < 4.78 is 10.1. The topological polar surface area (TPSA) is 93.7 Å². The van der Waals surface area contributed by atoms with Gasteiger partial charge in [-0.2, -0.15) is 0 Å². The molecule has 1 aromatic rings. The number of benzene rings is 1. The number of ether oxygens (including phenoxy) is 2. The molecular formula is C20H30N2O5. The molecule has 7 nitrogen and oxygen atoms in total. The molecule has 27 heavy (non-hydrogen) atoms. The number of alkyl carbamates (subject to hydrolysis) is 1. The van der Waals surface area contributed by atoms with Crippen molar-refractivity contribution in [3.05, 3.63) is 35.9 Å². The Morgan fingerprint density at radius 2 is 1.78 bits per heavy atom. The van der Waals surface area contributed by atoms with Crippen LogP contribution >= 0.6 is 0 Å². The number of esters is 1. The van der Waals surface area contributed by atoms with Gasteiger partial charge in [-0.05, 0) is 39.7 Å². The molecule has 0 unspecified atom stereocenters. The van der Waals surface area contributed by atoms with E-state index < -0.39 is 17.7 Å². The summed E-state index contributed by atoms with van der Waals surface area (Å²) in [5.41, 5.74) is 0.262. The molecule has 0 saturated heterocycles. The highest BCUT2D eigenvalue weighted by Crippen LogP contribution is 2.09. The zero-order valence-electron chi connectivity index (χ0n) is 16.5. The average molecular weight is 378 g/mol. The summed E-state index contributed by atoms with van der Waals surface area (Å²) >= 11 is 0. The Morgan fingerprint density at radius 3 is 2.37 bits per heavy atom. The van der Waals surface area contributed by atoms with Crippen LogP contribution in [0.2, 0.25) is 0 Å². The fourth-order valence-electron chi connectivity index (χ4n) is 2.31. The van der Waals surface area contributed by atoms with Crippen molar-refractivity contribution in [1.29, 1.82) is 0 Å². The summed E-state index contributed by atoms with van der Waals surface area (Å²) in [6.45, 7) is 7.68. The normalized spacial score (nSPS) is 12.0. The van der Waals surface area contributed by atoms with Crippen molar-refractivity contribution in [1.82, 2.24) is 10.6 Å². The summed E-state index contributed by atoms with van der Waals surface area (Å²) in [7, 11) is 0. The van der Waals surface area contributed by atoms with Gasteiger partial charge in [0.25, 0.3) is 0 Å². The highest BCUT2D eigenvalue weighted by atomic mass is 16.6. The fourth-order valence-corrected chi connectivity index (χ4v) is 2.31. The molecule has 0 saturated carbocycles. The standard InChI is InChI=1S/C20H30N2O5/c1-5-26-17(23)12-9-13-21-18(24)16(14-15-10-7-6-8-11-15)22-19(25)27-20(2,3)4/h6-8,10-11,16H,5,9,12-14H2,1-4H3,(H,21,24)(H,22,25)/t16-/m0/s1. The molecule has 1 aromatic carbocycles. The number of rotatable bonds is 9. The van der Waals surface area contributed by atoms with Crippen LogP contribution in [0.5, 0.6) is 0 Å². The number of hydrogen-bond acceptors (Lipinski definition) is 5. The van der Waals surface area contributed by atoms with Crippen molar-refractivity contribution in [3.8, 4) is 0 Å². The van der Waals surface area contributed by atoms with Crippen molar-refractivity contribution >= 4 is 18.0 Å². The Bertz CT molecular complexity index is 611. The lowest BCUT2D eigenvalue weighted by atomic mass is 10.1. The van der Waals surface area contributed by atoms with Gasteiger partial charge in [-0.3, -0.25) is 9.59 Å². The van der Waals surface area contributed by atoms with Gasteiger partial charge in [-0.1, -0.05) is 30.3 Å². The van der Waals surface area contributed by atoms with Crippen LogP contribution < -0.4 is 10.6 Å². The highest BCUT2D eigenvalue weighted by Gasteiger charge is 2.24. The second-order valence-electron chi connectivity index (χ2n) is 7.09. The molecule has 0 aromatic heterocycles. The zero-order valence-corrected chi connectivity index (χ0v) is 16.5. The van der Waals surface area contributed by atoms with Crippen molar-refractivity contribution < 1.29 is 23.9 Å². The average Bonchev–Trinajstić information content (AvgIpc) is 2.57.